The third-order valence-corrected chi connectivity index (χ3v) is 2.26. The topological polar surface area (TPSA) is 26.0 Å². The molecule has 0 bridgehead atoms. The van der Waals surface area contributed by atoms with Crippen LogP contribution in [0, 0.1) is 6.92 Å². The zero-order chi connectivity index (χ0) is 10.9. The Bertz CT molecular complexity index is 347. The molecule has 0 heterocycles. The molecule has 1 aromatic rings. The van der Waals surface area contributed by atoms with E-state index in [2.05, 4.69) is 0 Å². The molecule has 1 aromatic carbocycles. The van der Waals surface area contributed by atoms with Gasteiger partial charge in [0.2, 0.25) is 0 Å². The van der Waals surface area contributed by atoms with Crippen LogP contribution in [0.1, 0.15) is 16.7 Å². The van der Waals surface area contributed by atoms with Crippen molar-refractivity contribution in [2.45, 2.75) is 19.6 Å². The molecule has 0 aromatic heterocycles. The van der Waals surface area contributed by atoms with E-state index < -0.39 is 11.7 Å². The summed E-state index contributed by atoms with van der Waals surface area (Å²) in [5, 5.41) is -0.285. The van der Waals surface area contributed by atoms with Gasteiger partial charge in [-0.25, -0.2) is 0 Å². The highest BCUT2D eigenvalue weighted by Crippen LogP contribution is 2.36. The fourth-order valence-corrected chi connectivity index (χ4v) is 1.48. The summed E-state index contributed by atoms with van der Waals surface area (Å²) in [6, 6.07) is 2.28. The van der Waals surface area contributed by atoms with Gasteiger partial charge in [-0.05, 0) is 30.2 Å². The zero-order valence-electron chi connectivity index (χ0n) is 7.45. The van der Waals surface area contributed by atoms with Crippen LogP contribution in [0.5, 0.6) is 0 Å². The Morgan fingerprint density at radius 3 is 2.36 bits per heavy atom. The second kappa shape index (κ2) is 3.79. The van der Waals surface area contributed by atoms with Gasteiger partial charge in [-0.15, -0.1) is 0 Å². The molecule has 0 saturated heterocycles. The summed E-state index contributed by atoms with van der Waals surface area (Å²) in [4.78, 5) is 0. The second-order valence-corrected chi connectivity index (χ2v) is 3.37. The smallest absolute Gasteiger partial charge is 0.326 e. The molecule has 14 heavy (non-hydrogen) atoms. The van der Waals surface area contributed by atoms with Crippen molar-refractivity contribution in [3.8, 4) is 0 Å². The normalized spacial score (nSPS) is 11.9. The monoisotopic (exact) mass is 223 g/mol. The molecule has 5 heteroatoms. The van der Waals surface area contributed by atoms with Crippen LogP contribution < -0.4 is 5.73 Å². The lowest BCUT2D eigenvalue weighted by Crippen LogP contribution is -2.09. The predicted octanol–water partition coefficient (Wildman–Crippen LogP) is 3.13. The van der Waals surface area contributed by atoms with Crippen LogP contribution >= 0.6 is 11.6 Å². The lowest BCUT2D eigenvalue weighted by Gasteiger charge is -2.12. The van der Waals surface area contributed by atoms with Gasteiger partial charge in [0.1, 0.15) is 0 Å². The summed E-state index contributed by atoms with van der Waals surface area (Å²) in [6.45, 7) is 1.75. The maximum Gasteiger partial charge on any atom is 0.417 e. The van der Waals surface area contributed by atoms with Crippen molar-refractivity contribution in [3.05, 3.63) is 33.8 Å². The van der Waals surface area contributed by atoms with E-state index in [1.165, 1.54) is 6.07 Å². The molecule has 0 radical (unpaired) electrons. The highest BCUT2D eigenvalue weighted by Gasteiger charge is 2.33. The number of hydrogen-bond donors (Lipinski definition) is 1. The first-order chi connectivity index (χ1) is 6.36. The average molecular weight is 224 g/mol. The second-order valence-electron chi connectivity index (χ2n) is 2.96. The first-order valence-corrected chi connectivity index (χ1v) is 4.30. The molecule has 2 N–H and O–H groups in total. The minimum absolute atomic E-state index is 0.0755. The fraction of sp³-hybridized carbons (Fsp3) is 0.333. The first kappa shape index (κ1) is 11.3. The molecular weight excluding hydrogens is 215 g/mol. The van der Waals surface area contributed by atoms with E-state index in [9.17, 15) is 13.2 Å². The lowest BCUT2D eigenvalue weighted by molar-refractivity contribution is -0.137. The van der Waals surface area contributed by atoms with E-state index in [-0.39, 0.29) is 11.6 Å². The van der Waals surface area contributed by atoms with Crippen molar-refractivity contribution in [3.63, 3.8) is 0 Å². The average Bonchev–Trinajstić information content (AvgIpc) is 2.02. The molecule has 1 nitrogen and oxygen atoms in total. The van der Waals surface area contributed by atoms with Crippen LogP contribution in [0.4, 0.5) is 13.2 Å². The largest absolute Gasteiger partial charge is 0.417 e. The standard InChI is InChI=1S/C9H9ClF3N/c1-5-2-8(10)7(9(11,12)13)3-6(5)4-14/h2-3H,4,14H2,1H3. The summed E-state index contributed by atoms with van der Waals surface area (Å²) < 4.78 is 37.1. The third-order valence-electron chi connectivity index (χ3n) is 1.95. The van der Waals surface area contributed by atoms with E-state index in [4.69, 9.17) is 17.3 Å². The Morgan fingerprint density at radius 2 is 1.93 bits per heavy atom. The van der Waals surface area contributed by atoms with Crippen LogP contribution in [-0.2, 0) is 12.7 Å². The van der Waals surface area contributed by atoms with Gasteiger partial charge in [0.25, 0.3) is 0 Å². The molecular formula is C9H9ClF3N. The van der Waals surface area contributed by atoms with E-state index in [1.54, 1.807) is 6.92 Å². The molecule has 78 valence electrons. The molecule has 0 aliphatic carbocycles. The van der Waals surface area contributed by atoms with E-state index in [0.29, 0.717) is 11.1 Å². The Morgan fingerprint density at radius 1 is 1.36 bits per heavy atom. The van der Waals surface area contributed by atoms with E-state index >= 15 is 0 Å². The quantitative estimate of drug-likeness (QED) is 0.778. The molecule has 1 rings (SSSR count). The SMILES string of the molecule is Cc1cc(Cl)c(C(F)(F)F)cc1CN. The Kier molecular flexibility index (Phi) is 3.07. The Hall–Kier alpha value is -0.740. The van der Waals surface area contributed by atoms with Gasteiger partial charge >= 0.3 is 6.18 Å². The van der Waals surface area contributed by atoms with Crippen LogP contribution in [0.15, 0.2) is 12.1 Å². The summed E-state index contributed by atoms with van der Waals surface area (Å²) in [6.07, 6.45) is -4.42. The summed E-state index contributed by atoms with van der Waals surface area (Å²) in [5.41, 5.74) is 5.61. The molecule has 0 unspecified atom stereocenters. The molecule has 0 fully saturated rings. The molecule has 0 aliphatic heterocycles. The predicted molar refractivity (Wildman–Crippen MR) is 49.1 cm³/mol. The highest BCUT2D eigenvalue weighted by molar-refractivity contribution is 6.31. The van der Waals surface area contributed by atoms with Crippen molar-refractivity contribution in [1.82, 2.24) is 0 Å². The molecule has 0 amide bonds. The maximum absolute atomic E-state index is 12.4. The van der Waals surface area contributed by atoms with Gasteiger partial charge in [0, 0.05) is 6.54 Å². The highest BCUT2D eigenvalue weighted by atomic mass is 35.5. The molecule has 0 atom stereocenters. The Balaban J connectivity index is 3.32. The van der Waals surface area contributed by atoms with Gasteiger partial charge in [-0.1, -0.05) is 11.6 Å². The Labute approximate surface area is 84.7 Å². The van der Waals surface area contributed by atoms with E-state index in [0.717, 1.165) is 6.07 Å². The van der Waals surface area contributed by atoms with Crippen LogP contribution in [0.2, 0.25) is 5.02 Å². The van der Waals surface area contributed by atoms with Crippen LogP contribution in [0.25, 0.3) is 0 Å². The summed E-state index contributed by atoms with van der Waals surface area (Å²) >= 11 is 5.48. The number of hydrogen-bond acceptors (Lipinski definition) is 1. The number of alkyl halides is 3. The fourth-order valence-electron chi connectivity index (χ4n) is 1.15. The molecule has 0 spiro atoms. The number of nitrogens with two attached hydrogens (primary N) is 1. The van der Waals surface area contributed by atoms with Crippen molar-refractivity contribution in [2.24, 2.45) is 5.73 Å². The molecule has 0 saturated carbocycles. The number of halogens is 4. The summed E-state index contributed by atoms with van der Waals surface area (Å²) in [7, 11) is 0. The minimum Gasteiger partial charge on any atom is -0.326 e. The van der Waals surface area contributed by atoms with Crippen molar-refractivity contribution in [1.29, 1.82) is 0 Å². The zero-order valence-corrected chi connectivity index (χ0v) is 8.21. The maximum atomic E-state index is 12.4. The van der Waals surface area contributed by atoms with Gasteiger partial charge < -0.3 is 5.73 Å². The summed E-state index contributed by atoms with van der Waals surface area (Å²) in [5.74, 6) is 0. The van der Waals surface area contributed by atoms with Crippen LogP contribution in [-0.4, -0.2) is 0 Å². The lowest BCUT2D eigenvalue weighted by atomic mass is 10.0. The van der Waals surface area contributed by atoms with Crippen LogP contribution in [0.3, 0.4) is 0 Å². The minimum atomic E-state index is -4.42. The number of rotatable bonds is 1. The van der Waals surface area contributed by atoms with Gasteiger partial charge in [-0.3, -0.25) is 0 Å². The first-order valence-electron chi connectivity index (χ1n) is 3.92. The van der Waals surface area contributed by atoms with Gasteiger partial charge in [0.15, 0.2) is 0 Å². The molecule has 0 aliphatic rings. The number of aryl methyl sites for hydroxylation is 1. The van der Waals surface area contributed by atoms with Crippen molar-refractivity contribution < 1.29 is 13.2 Å². The van der Waals surface area contributed by atoms with Crippen molar-refractivity contribution in [2.75, 3.05) is 0 Å². The number of benzene rings is 1. The third kappa shape index (κ3) is 2.19. The van der Waals surface area contributed by atoms with E-state index in [1.807, 2.05) is 0 Å². The van der Waals surface area contributed by atoms with Crippen molar-refractivity contribution >= 4 is 11.6 Å². The van der Waals surface area contributed by atoms with Gasteiger partial charge in [-0.2, -0.15) is 13.2 Å². The van der Waals surface area contributed by atoms with Gasteiger partial charge in [0.05, 0.1) is 10.6 Å².